The Morgan fingerprint density at radius 2 is 1.57 bits per heavy atom. The van der Waals surface area contributed by atoms with Crippen molar-refractivity contribution >= 4 is 28.4 Å². The van der Waals surface area contributed by atoms with Crippen molar-refractivity contribution in [2.75, 3.05) is 5.32 Å². The number of phenols is 1. The monoisotopic (exact) mass is 398 g/mol. The third-order valence-electron chi connectivity index (χ3n) is 5.12. The molecule has 152 valence electrons. The number of nitrogens with one attached hydrogen (secondary N) is 1. The first kappa shape index (κ1) is 21.1. The van der Waals surface area contributed by atoms with Gasteiger partial charge in [-0.05, 0) is 69.6 Å². The highest BCUT2D eigenvalue weighted by molar-refractivity contribution is 6.10. The van der Waals surface area contributed by atoms with E-state index in [2.05, 4.69) is 5.32 Å². The molecule has 0 bridgehead atoms. The molecule has 0 aromatic heterocycles. The largest absolute Gasteiger partial charge is 0.507 e. The number of aromatic hydroxyl groups is 1. The Balaban J connectivity index is 1.94. The van der Waals surface area contributed by atoms with Crippen molar-refractivity contribution in [3.63, 3.8) is 0 Å². The number of hydrogen-bond acceptors (Lipinski definition) is 3. The quantitative estimate of drug-likeness (QED) is 0.389. The number of benzene rings is 3. The van der Waals surface area contributed by atoms with Gasteiger partial charge in [-0.2, -0.15) is 5.26 Å². The molecule has 0 saturated heterocycles. The Kier molecular flexibility index (Phi) is 6.23. The van der Waals surface area contributed by atoms with E-state index in [9.17, 15) is 15.2 Å². The normalized spacial score (nSPS) is 11.7. The summed E-state index contributed by atoms with van der Waals surface area (Å²) < 4.78 is 0. The predicted molar refractivity (Wildman–Crippen MR) is 122 cm³/mol. The van der Waals surface area contributed by atoms with E-state index in [0.29, 0.717) is 5.69 Å². The minimum Gasteiger partial charge on any atom is -0.507 e. The highest BCUT2D eigenvalue weighted by Crippen LogP contribution is 2.35. The first-order chi connectivity index (χ1) is 14.3. The summed E-state index contributed by atoms with van der Waals surface area (Å²) in [5, 5.41) is 25.1. The van der Waals surface area contributed by atoms with Gasteiger partial charge >= 0.3 is 0 Å². The lowest BCUT2D eigenvalue weighted by Gasteiger charge is -2.16. The smallest absolute Gasteiger partial charge is 0.266 e. The Bertz CT molecular complexity index is 1140. The molecule has 3 aromatic carbocycles. The molecule has 0 atom stereocenters. The minimum atomic E-state index is -0.460. The fraction of sp³-hybridized carbons (Fsp3) is 0.231. The number of carbonyl (C=O) groups excluding carboxylic acids is 1. The second kappa shape index (κ2) is 8.84. The highest BCUT2D eigenvalue weighted by atomic mass is 16.3. The summed E-state index contributed by atoms with van der Waals surface area (Å²) >= 11 is 0. The van der Waals surface area contributed by atoms with Crippen LogP contribution in [0.2, 0.25) is 0 Å². The molecule has 4 nitrogen and oxygen atoms in total. The first-order valence-corrected chi connectivity index (χ1v) is 10.1. The van der Waals surface area contributed by atoms with Crippen molar-refractivity contribution in [2.45, 2.75) is 39.5 Å². The van der Waals surface area contributed by atoms with Crippen LogP contribution in [0.1, 0.15) is 56.2 Å². The minimum absolute atomic E-state index is 0.0123. The maximum absolute atomic E-state index is 12.7. The van der Waals surface area contributed by atoms with E-state index in [1.807, 2.05) is 88.4 Å². The molecule has 0 aliphatic heterocycles. The van der Waals surface area contributed by atoms with Crippen molar-refractivity contribution < 1.29 is 9.90 Å². The number of fused-ring (bicyclic) bond motifs is 1. The molecule has 0 fully saturated rings. The standard InChI is InChI=1S/C26H26N2O2/c1-16(2)23-12-18(13-24(17(3)4)25(23)29)11-21(15-27)26(30)28-22-10-9-19-7-5-6-8-20(19)14-22/h5-14,16-17,29H,1-4H3,(H,28,30)/b21-11+. The molecule has 3 rings (SSSR count). The summed E-state index contributed by atoms with van der Waals surface area (Å²) in [6.45, 7) is 8.02. The average Bonchev–Trinajstić information content (AvgIpc) is 2.72. The molecule has 0 radical (unpaired) electrons. The Morgan fingerprint density at radius 3 is 2.13 bits per heavy atom. The molecule has 0 heterocycles. The summed E-state index contributed by atoms with van der Waals surface area (Å²) in [5.41, 5.74) is 2.99. The summed E-state index contributed by atoms with van der Waals surface area (Å²) in [7, 11) is 0. The summed E-state index contributed by atoms with van der Waals surface area (Å²) in [6, 6.07) is 19.2. The van der Waals surface area contributed by atoms with Gasteiger partial charge in [-0.1, -0.05) is 58.0 Å². The number of nitriles is 1. The second-order valence-electron chi connectivity index (χ2n) is 8.04. The lowest BCUT2D eigenvalue weighted by atomic mass is 9.91. The summed E-state index contributed by atoms with van der Waals surface area (Å²) in [4.78, 5) is 12.7. The lowest BCUT2D eigenvalue weighted by Crippen LogP contribution is -2.13. The average molecular weight is 399 g/mol. The lowest BCUT2D eigenvalue weighted by molar-refractivity contribution is -0.112. The van der Waals surface area contributed by atoms with Gasteiger partial charge in [0.1, 0.15) is 17.4 Å². The van der Waals surface area contributed by atoms with Gasteiger partial charge in [-0.15, -0.1) is 0 Å². The number of carbonyl (C=O) groups is 1. The molecular weight excluding hydrogens is 372 g/mol. The Hall–Kier alpha value is -3.58. The van der Waals surface area contributed by atoms with E-state index < -0.39 is 5.91 Å². The van der Waals surface area contributed by atoms with Crippen LogP contribution in [0.3, 0.4) is 0 Å². The topological polar surface area (TPSA) is 73.1 Å². The fourth-order valence-electron chi connectivity index (χ4n) is 3.45. The van der Waals surface area contributed by atoms with Crippen LogP contribution < -0.4 is 5.32 Å². The van der Waals surface area contributed by atoms with Gasteiger partial charge in [0.2, 0.25) is 0 Å². The third kappa shape index (κ3) is 4.52. The third-order valence-corrected chi connectivity index (χ3v) is 5.12. The van der Waals surface area contributed by atoms with E-state index in [-0.39, 0.29) is 23.2 Å². The van der Waals surface area contributed by atoms with Crippen molar-refractivity contribution in [1.29, 1.82) is 5.26 Å². The second-order valence-corrected chi connectivity index (χ2v) is 8.04. The van der Waals surface area contributed by atoms with Crippen LogP contribution in [0.4, 0.5) is 5.69 Å². The number of rotatable bonds is 5. The highest BCUT2D eigenvalue weighted by Gasteiger charge is 2.16. The van der Waals surface area contributed by atoms with Crippen LogP contribution >= 0.6 is 0 Å². The molecule has 0 aliphatic carbocycles. The molecule has 4 heteroatoms. The van der Waals surface area contributed by atoms with Gasteiger partial charge in [-0.3, -0.25) is 4.79 Å². The molecule has 0 aliphatic rings. The van der Waals surface area contributed by atoms with Crippen LogP contribution in [0, 0.1) is 11.3 Å². The zero-order chi connectivity index (χ0) is 21.8. The fourth-order valence-corrected chi connectivity index (χ4v) is 3.45. The van der Waals surface area contributed by atoms with Crippen LogP contribution in [-0.2, 0) is 4.79 Å². The van der Waals surface area contributed by atoms with E-state index in [4.69, 9.17) is 0 Å². The Morgan fingerprint density at radius 1 is 0.967 bits per heavy atom. The van der Waals surface area contributed by atoms with Gasteiger partial charge in [0.05, 0.1) is 0 Å². The van der Waals surface area contributed by atoms with Crippen molar-refractivity contribution in [3.05, 3.63) is 76.9 Å². The molecule has 0 unspecified atom stereocenters. The van der Waals surface area contributed by atoms with Crippen molar-refractivity contribution in [1.82, 2.24) is 0 Å². The molecule has 1 amide bonds. The van der Waals surface area contributed by atoms with Gasteiger partial charge in [-0.25, -0.2) is 0 Å². The summed E-state index contributed by atoms with van der Waals surface area (Å²) in [6.07, 6.45) is 1.58. The molecular formula is C26H26N2O2. The Labute approximate surface area is 177 Å². The van der Waals surface area contributed by atoms with Gasteiger partial charge in [0.15, 0.2) is 0 Å². The van der Waals surface area contributed by atoms with Gasteiger partial charge < -0.3 is 10.4 Å². The number of amides is 1. The van der Waals surface area contributed by atoms with Crippen LogP contribution in [0.5, 0.6) is 5.75 Å². The van der Waals surface area contributed by atoms with E-state index in [1.165, 1.54) is 0 Å². The van der Waals surface area contributed by atoms with Crippen LogP contribution in [-0.4, -0.2) is 11.0 Å². The first-order valence-electron chi connectivity index (χ1n) is 10.1. The van der Waals surface area contributed by atoms with Gasteiger partial charge in [0, 0.05) is 5.69 Å². The summed E-state index contributed by atoms with van der Waals surface area (Å²) in [5.74, 6) is 0.0648. The van der Waals surface area contributed by atoms with Crippen LogP contribution in [0.15, 0.2) is 60.2 Å². The predicted octanol–water partition coefficient (Wildman–Crippen LogP) is 6.34. The molecule has 3 aromatic rings. The zero-order valence-electron chi connectivity index (χ0n) is 17.7. The number of nitrogens with zero attached hydrogens (tertiary/aromatic N) is 1. The SMILES string of the molecule is CC(C)c1cc(/C=C(\C#N)C(=O)Nc2ccc3ccccc3c2)cc(C(C)C)c1O. The molecule has 2 N–H and O–H groups in total. The van der Waals surface area contributed by atoms with Crippen molar-refractivity contribution in [2.24, 2.45) is 0 Å². The number of anilines is 1. The molecule has 0 saturated carbocycles. The molecule has 30 heavy (non-hydrogen) atoms. The van der Waals surface area contributed by atoms with E-state index in [1.54, 1.807) is 6.08 Å². The van der Waals surface area contributed by atoms with E-state index >= 15 is 0 Å². The zero-order valence-corrected chi connectivity index (χ0v) is 17.7. The van der Waals surface area contributed by atoms with Crippen molar-refractivity contribution in [3.8, 4) is 11.8 Å². The maximum Gasteiger partial charge on any atom is 0.266 e. The number of hydrogen-bond donors (Lipinski definition) is 2. The molecule has 0 spiro atoms. The van der Waals surface area contributed by atoms with Gasteiger partial charge in [0.25, 0.3) is 5.91 Å². The number of phenolic OH excluding ortho intramolecular Hbond substituents is 1. The van der Waals surface area contributed by atoms with E-state index in [0.717, 1.165) is 27.5 Å². The van der Waals surface area contributed by atoms with Crippen LogP contribution in [0.25, 0.3) is 16.8 Å². The maximum atomic E-state index is 12.7.